The lowest BCUT2D eigenvalue weighted by molar-refractivity contribution is 0.0932. The Bertz CT molecular complexity index is 424. The van der Waals surface area contributed by atoms with Gasteiger partial charge in [0.05, 0.1) is 5.56 Å². The smallest absolute Gasteiger partial charge is 0.252 e. The van der Waals surface area contributed by atoms with E-state index in [-0.39, 0.29) is 24.4 Å². The van der Waals surface area contributed by atoms with Crippen LogP contribution >= 0.6 is 35.0 Å². The van der Waals surface area contributed by atoms with Gasteiger partial charge in [-0.25, -0.2) is 0 Å². The molecule has 1 unspecified atom stereocenters. The van der Waals surface area contributed by atoms with Crippen LogP contribution in [0.4, 0.5) is 0 Å². The third kappa shape index (κ3) is 5.67. The zero-order chi connectivity index (χ0) is 13.7. The van der Waals surface area contributed by atoms with Crippen molar-refractivity contribution in [3.8, 4) is 0 Å². The molecule has 0 spiro atoms. The number of nitrogens with one attached hydrogen (secondary N) is 1. The highest BCUT2D eigenvalue weighted by Crippen LogP contribution is 2.17. The van der Waals surface area contributed by atoms with Crippen molar-refractivity contribution < 1.29 is 4.79 Å². The van der Waals surface area contributed by atoms with Gasteiger partial charge in [0.25, 0.3) is 5.91 Å². The van der Waals surface area contributed by atoms with E-state index in [1.54, 1.807) is 0 Å². The minimum atomic E-state index is -0.0285. The van der Waals surface area contributed by atoms with Crippen LogP contribution in [-0.2, 0) is 0 Å². The molecule has 0 bridgehead atoms. The summed E-state index contributed by atoms with van der Waals surface area (Å²) in [5.41, 5.74) is 7.55. The number of hydrogen-bond donors (Lipinski definition) is 2. The van der Waals surface area contributed by atoms with Crippen LogP contribution in [0.3, 0.4) is 0 Å². The first kappa shape index (κ1) is 18.7. The molecule has 108 valence electrons. The van der Waals surface area contributed by atoms with E-state index in [1.807, 2.05) is 25.1 Å². The maximum Gasteiger partial charge on any atom is 0.252 e. The molecule has 0 aliphatic heterocycles. The molecule has 5 heteroatoms. The summed E-state index contributed by atoms with van der Waals surface area (Å²) in [5.74, 6) is 0.495. The molecule has 0 fully saturated rings. The molecule has 3 nitrogen and oxygen atoms in total. The van der Waals surface area contributed by atoms with Gasteiger partial charge in [0, 0.05) is 16.2 Å². The summed E-state index contributed by atoms with van der Waals surface area (Å²) in [6.07, 6.45) is 0.907. The lowest BCUT2D eigenvalue weighted by Gasteiger charge is -2.19. The fraction of sp³-hybridized carbons (Fsp3) is 0.500. The Morgan fingerprint density at radius 1 is 1.42 bits per heavy atom. The highest BCUT2D eigenvalue weighted by Gasteiger charge is 2.16. The molecule has 1 amide bonds. The summed E-state index contributed by atoms with van der Waals surface area (Å²) in [5, 5.41) is 3.01. The third-order valence-electron chi connectivity index (χ3n) is 2.81. The van der Waals surface area contributed by atoms with Crippen molar-refractivity contribution in [2.45, 2.75) is 33.2 Å². The molecular weight excluding hydrogens is 375 g/mol. The molecule has 0 saturated heterocycles. The van der Waals surface area contributed by atoms with E-state index >= 15 is 0 Å². The topological polar surface area (TPSA) is 55.1 Å². The normalized spacial score (nSPS) is 11.9. The summed E-state index contributed by atoms with van der Waals surface area (Å²) in [6.45, 7) is 6.75. The predicted octanol–water partition coefficient (Wildman–Crippen LogP) is 3.12. The fourth-order valence-corrected chi connectivity index (χ4v) is 2.47. The Labute approximate surface area is 135 Å². The van der Waals surface area contributed by atoms with Gasteiger partial charge in [-0.2, -0.15) is 0 Å². The summed E-state index contributed by atoms with van der Waals surface area (Å²) < 4.78 is 1.01. The van der Waals surface area contributed by atoms with Crippen molar-refractivity contribution in [1.29, 1.82) is 0 Å². The van der Waals surface area contributed by atoms with Crippen molar-refractivity contribution in [3.63, 3.8) is 0 Å². The van der Waals surface area contributed by atoms with Crippen molar-refractivity contribution in [2.75, 3.05) is 6.54 Å². The van der Waals surface area contributed by atoms with E-state index in [1.165, 1.54) is 0 Å². The number of nitrogens with two attached hydrogens (primary N) is 1. The highest BCUT2D eigenvalue weighted by atomic mass is 127. The second kappa shape index (κ2) is 8.76. The van der Waals surface area contributed by atoms with Crippen LogP contribution in [-0.4, -0.2) is 18.5 Å². The van der Waals surface area contributed by atoms with Gasteiger partial charge in [-0.3, -0.25) is 4.79 Å². The molecule has 1 rings (SSSR count). The van der Waals surface area contributed by atoms with Gasteiger partial charge in [0.2, 0.25) is 0 Å². The molecule has 1 aromatic carbocycles. The van der Waals surface area contributed by atoms with Crippen molar-refractivity contribution in [3.05, 3.63) is 32.9 Å². The number of aryl methyl sites for hydroxylation is 1. The molecule has 1 aromatic rings. The fourth-order valence-electron chi connectivity index (χ4n) is 1.87. The summed E-state index contributed by atoms with van der Waals surface area (Å²) >= 11 is 2.21. The number of hydrogen-bond acceptors (Lipinski definition) is 2. The maximum atomic E-state index is 12.2. The summed E-state index contributed by atoms with van der Waals surface area (Å²) in [4.78, 5) is 12.2. The van der Waals surface area contributed by atoms with Gasteiger partial charge in [0.1, 0.15) is 0 Å². The quantitative estimate of drug-likeness (QED) is 0.751. The Kier molecular flexibility index (Phi) is 8.61. The van der Waals surface area contributed by atoms with E-state index in [2.05, 4.69) is 41.8 Å². The second-order valence-corrected chi connectivity index (χ2v) is 6.05. The molecule has 0 aliphatic carbocycles. The third-order valence-corrected chi connectivity index (χ3v) is 4.24. The second-order valence-electron chi connectivity index (χ2n) is 4.97. The van der Waals surface area contributed by atoms with Crippen molar-refractivity contribution in [1.82, 2.24) is 5.32 Å². The summed E-state index contributed by atoms with van der Waals surface area (Å²) in [6, 6.07) is 5.82. The average Bonchev–Trinajstić information content (AvgIpc) is 2.31. The Balaban J connectivity index is 0.00000324. The van der Waals surface area contributed by atoms with Gasteiger partial charge >= 0.3 is 0 Å². The molecule has 0 heterocycles. The van der Waals surface area contributed by atoms with Gasteiger partial charge in [-0.05, 0) is 53.5 Å². The van der Waals surface area contributed by atoms with Crippen LogP contribution < -0.4 is 11.1 Å². The molecule has 0 radical (unpaired) electrons. The van der Waals surface area contributed by atoms with Crippen molar-refractivity contribution in [2.24, 2.45) is 11.7 Å². The number of amides is 1. The minimum Gasteiger partial charge on any atom is -0.348 e. The molecule has 0 saturated carbocycles. The van der Waals surface area contributed by atoms with Crippen LogP contribution in [0, 0.1) is 16.4 Å². The van der Waals surface area contributed by atoms with Crippen LogP contribution in [0.1, 0.15) is 36.2 Å². The van der Waals surface area contributed by atoms with Crippen LogP contribution in [0.2, 0.25) is 0 Å². The lowest BCUT2D eigenvalue weighted by Crippen LogP contribution is -2.41. The maximum absolute atomic E-state index is 12.2. The average molecular weight is 397 g/mol. The minimum absolute atomic E-state index is 0. The van der Waals surface area contributed by atoms with Gasteiger partial charge in [-0.15, -0.1) is 12.4 Å². The van der Waals surface area contributed by atoms with Crippen LogP contribution in [0.5, 0.6) is 0 Å². The number of halogens is 2. The Morgan fingerprint density at radius 2 is 2.05 bits per heavy atom. The molecular formula is C14H22ClIN2O. The van der Waals surface area contributed by atoms with E-state index in [0.29, 0.717) is 12.5 Å². The number of rotatable bonds is 5. The SMILES string of the molecule is Cc1cccc(C(=O)NC(CN)CC(C)C)c1I.Cl. The van der Waals surface area contributed by atoms with E-state index in [4.69, 9.17) is 5.73 Å². The monoisotopic (exact) mass is 396 g/mol. The van der Waals surface area contributed by atoms with E-state index < -0.39 is 0 Å². The molecule has 0 aromatic heterocycles. The molecule has 19 heavy (non-hydrogen) atoms. The van der Waals surface area contributed by atoms with Gasteiger partial charge < -0.3 is 11.1 Å². The first-order chi connectivity index (χ1) is 8.45. The van der Waals surface area contributed by atoms with E-state index in [0.717, 1.165) is 21.1 Å². The van der Waals surface area contributed by atoms with Gasteiger partial charge in [-0.1, -0.05) is 26.0 Å². The van der Waals surface area contributed by atoms with Gasteiger partial charge in [0.15, 0.2) is 0 Å². The van der Waals surface area contributed by atoms with Crippen LogP contribution in [0.15, 0.2) is 18.2 Å². The molecule has 1 atom stereocenters. The van der Waals surface area contributed by atoms with E-state index in [9.17, 15) is 4.79 Å². The Morgan fingerprint density at radius 3 is 2.58 bits per heavy atom. The first-order valence-corrected chi connectivity index (χ1v) is 7.29. The number of benzene rings is 1. The summed E-state index contributed by atoms with van der Waals surface area (Å²) in [7, 11) is 0. The molecule has 3 N–H and O–H groups in total. The van der Waals surface area contributed by atoms with Crippen LogP contribution in [0.25, 0.3) is 0 Å². The predicted molar refractivity (Wildman–Crippen MR) is 90.9 cm³/mol. The molecule has 0 aliphatic rings. The number of carbonyl (C=O) groups excluding carboxylic acids is 1. The lowest BCUT2D eigenvalue weighted by atomic mass is 10.0. The first-order valence-electron chi connectivity index (χ1n) is 6.21. The zero-order valence-corrected chi connectivity index (χ0v) is 14.5. The zero-order valence-electron chi connectivity index (χ0n) is 11.6. The standard InChI is InChI=1S/C14H21IN2O.ClH/c1-9(2)7-11(8-16)17-14(18)12-6-4-5-10(3)13(12)15;/h4-6,9,11H,7-8,16H2,1-3H3,(H,17,18);1H. The largest absolute Gasteiger partial charge is 0.348 e. The highest BCUT2D eigenvalue weighted by molar-refractivity contribution is 14.1. The Hall–Kier alpha value is -0.330. The number of carbonyl (C=O) groups is 1. The van der Waals surface area contributed by atoms with Crippen molar-refractivity contribution >= 4 is 40.9 Å².